The van der Waals surface area contributed by atoms with Crippen molar-refractivity contribution in [1.82, 2.24) is 14.5 Å². The van der Waals surface area contributed by atoms with Gasteiger partial charge in [-0.3, -0.25) is 4.79 Å². The van der Waals surface area contributed by atoms with Crippen molar-refractivity contribution >= 4 is 17.7 Å². The maximum atomic E-state index is 11.6. The van der Waals surface area contributed by atoms with Crippen LogP contribution in [-0.2, 0) is 16.1 Å². The molecule has 1 aromatic rings. The van der Waals surface area contributed by atoms with Crippen LogP contribution in [0.1, 0.15) is 29.7 Å². The predicted molar refractivity (Wildman–Crippen MR) is 70.6 cm³/mol. The number of hydrogen-bond donors (Lipinski definition) is 1. The van der Waals surface area contributed by atoms with Crippen LogP contribution in [0.3, 0.4) is 0 Å². The summed E-state index contributed by atoms with van der Waals surface area (Å²) in [6, 6.07) is 0. The molecule has 0 aliphatic heterocycles. The average Bonchev–Trinajstić information content (AvgIpc) is 2.62. The van der Waals surface area contributed by atoms with Crippen molar-refractivity contribution in [2.24, 2.45) is 0 Å². The van der Waals surface area contributed by atoms with Gasteiger partial charge in [-0.2, -0.15) is 0 Å². The summed E-state index contributed by atoms with van der Waals surface area (Å²) in [6.45, 7) is 4.11. The van der Waals surface area contributed by atoms with Crippen LogP contribution in [0.5, 0.6) is 0 Å². The summed E-state index contributed by atoms with van der Waals surface area (Å²) in [5.41, 5.74) is 5.98. The third-order valence-corrected chi connectivity index (χ3v) is 2.71. The lowest BCUT2D eigenvalue weighted by Crippen LogP contribution is -2.23. The van der Waals surface area contributed by atoms with Gasteiger partial charge in [-0.15, -0.1) is 0 Å². The zero-order valence-corrected chi connectivity index (χ0v) is 11.8. The highest BCUT2D eigenvalue weighted by Gasteiger charge is 2.20. The Labute approximate surface area is 112 Å². The Morgan fingerprint density at radius 3 is 2.58 bits per heavy atom. The number of rotatable bonds is 5. The summed E-state index contributed by atoms with van der Waals surface area (Å²) >= 11 is 0. The second-order valence-corrected chi connectivity index (χ2v) is 4.30. The number of esters is 1. The van der Waals surface area contributed by atoms with Crippen molar-refractivity contribution < 1.29 is 14.3 Å². The normalized spacial score (nSPS) is 10.3. The van der Waals surface area contributed by atoms with Crippen LogP contribution in [0, 0.1) is 6.92 Å². The molecule has 0 radical (unpaired) electrons. The van der Waals surface area contributed by atoms with Gasteiger partial charge in [-0.05, 0) is 13.8 Å². The van der Waals surface area contributed by atoms with Gasteiger partial charge in [0.25, 0.3) is 0 Å². The highest BCUT2D eigenvalue weighted by atomic mass is 16.5. The van der Waals surface area contributed by atoms with Crippen molar-refractivity contribution in [3.63, 3.8) is 0 Å². The highest BCUT2D eigenvalue weighted by Crippen LogP contribution is 2.16. The Morgan fingerprint density at radius 2 is 2.05 bits per heavy atom. The number of anilines is 1. The van der Waals surface area contributed by atoms with E-state index in [1.54, 1.807) is 32.5 Å². The van der Waals surface area contributed by atoms with Gasteiger partial charge >= 0.3 is 5.97 Å². The first-order chi connectivity index (χ1) is 8.88. The summed E-state index contributed by atoms with van der Waals surface area (Å²) in [5, 5.41) is 0. The summed E-state index contributed by atoms with van der Waals surface area (Å²) in [5.74, 6) is 0.278. The minimum Gasteiger partial charge on any atom is -0.461 e. The van der Waals surface area contributed by atoms with Crippen LogP contribution in [0.15, 0.2) is 0 Å². The SMILES string of the molecule is CCOC(=O)c1nc(C)n(CCC(=O)N(C)C)c1N. The van der Waals surface area contributed by atoms with Gasteiger partial charge in [-0.25, -0.2) is 9.78 Å². The number of carbonyl (C=O) groups is 2. The lowest BCUT2D eigenvalue weighted by molar-refractivity contribution is -0.128. The maximum absolute atomic E-state index is 11.6. The van der Waals surface area contributed by atoms with Gasteiger partial charge in [0.2, 0.25) is 5.91 Å². The molecule has 7 heteroatoms. The van der Waals surface area contributed by atoms with E-state index in [1.807, 2.05) is 0 Å². The van der Waals surface area contributed by atoms with Crippen molar-refractivity contribution in [3.8, 4) is 0 Å². The molecule has 1 heterocycles. The van der Waals surface area contributed by atoms with Crippen molar-refractivity contribution in [2.75, 3.05) is 26.4 Å². The lowest BCUT2D eigenvalue weighted by Gasteiger charge is -2.11. The molecule has 1 rings (SSSR count). The molecule has 1 aromatic heterocycles. The smallest absolute Gasteiger partial charge is 0.360 e. The Balaban J connectivity index is 2.85. The Kier molecular flexibility index (Phi) is 4.91. The minimum atomic E-state index is -0.541. The molecule has 106 valence electrons. The molecule has 19 heavy (non-hydrogen) atoms. The van der Waals surface area contributed by atoms with Gasteiger partial charge in [0.15, 0.2) is 5.69 Å². The highest BCUT2D eigenvalue weighted by molar-refractivity contribution is 5.92. The third kappa shape index (κ3) is 3.46. The van der Waals surface area contributed by atoms with Crippen molar-refractivity contribution in [3.05, 3.63) is 11.5 Å². The molecule has 0 fully saturated rings. The van der Waals surface area contributed by atoms with E-state index in [4.69, 9.17) is 10.5 Å². The summed E-state index contributed by atoms with van der Waals surface area (Å²) in [7, 11) is 3.38. The molecular weight excluding hydrogens is 248 g/mol. The maximum Gasteiger partial charge on any atom is 0.360 e. The van der Waals surface area contributed by atoms with Crippen molar-refractivity contribution in [2.45, 2.75) is 26.8 Å². The fourth-order valence-electron chi connectivity index (χ4n) is 1.64. The fourth-order valence-corrected chi connectivity index (χ4v) is 1.64. The van der Waals surface area contributed by atoms with Crippen LogP contribution in [-0.4, -0.2) is 47.0 Å². The van der Waals surface area contributed by atoms with Crippen molar-refractivity contribution in [1.29, 1.82) is 0 Å². The van der Waals surface area contributed by atoms with E-state index in [-0.39, 0.29) is 24.0 Å². The number of nitrogens with two attached hydrogens (primary N) is 1. The van der Waals surface area contributed by atoms with E-state index in [1.165, 1.54) is 4.90 Å². The van der Waals surface area contributed by atoms with Crippen LogP contribution >= 0.6 is 0 Å². The Hall–Kier alpha value is -2.05. The molecule has 0 aliphatic carbocycles. The predicted octanol–water partition coefficient (Wildman–Crippen LogP) is 0.429. The third-order valence-electron chi connectivity index (χ3n) is 2.71. The van der Waals surface area contributed by atoms with Crippen LogP contribution in [0.4, 0.5) is 5.82 Å². The summed E-state index contributed by atoms with van der Waals surface area (Å²) in [6.07, 6.45) is 0.302. The number of nitrogens with zero attached hydrogens (tertiary/aromatic N) is 3. The molecule has 0 atom stereocenters. The molecule has 0 aliphatic rings. The van der Waals surface area contributed by atoms with Crippen LogP contribution in [0.25, 0.3) is 0 Å². The molecule has 0 saturated carbocycles. The fraction of sp³-hybridized carbons (Fsp3) is 0.583. The quantitative estimate of drug-likeness (QED) is 0.782. The number of nitrogen functional groups attached to an aromatic ring is 1. The van der Waals surface area contributed by atoms with Gasteiger partial charge in [-0.1, -0.05) is 0 Å². The van der Waals surface area contributed by atoms with Gasteiger partial charge in [0.05, 0.1) is 6.61 Å². The number of aryl methyl sites for hydroxylation is 1. The van der Waals surface area contributed by atoms with Gasteiger partial charge in [0.1, 0.15) is 11.6 Å². The standard InChI is InChI=1S/C12H20N4O3/c1-5-19-12(18)10-11(13)16(8(2)14-10)7-6-9(17)15(3)4/h5-7,13H2,1-4H3. The first kappa shape index (κ1) is 15.0. The topological polar surface area (TPSA) is 90.4 Å². The van der Waals surface area contributed by atoms with Gasteiger partial charge < -0.3 is 19.9 Å². The largest absolute Gasteiger partial charge is 0.461 e. The number of hydrogen-bond acceptors (Lipinski definition) is 5. The number of ether oxygens (including phenoxy) is 1. The summed E-state index contributed by atoms with van der Waals surface area (Å²) < 4.78 is 6.52. The molecule has 0 aromatic carbocycles. The molecular formula is C12H20N4O3. The number of aromatic nitrogens is 2. The Bertz CT molecular complexity index is 480. The molecule has 2 N–H and O–H groups in total. The molecule has 0 saturated heterocycles. The number of carbonyl (C=O) groups excluding carboxylic acids is 2. The van der Waals surface area contributed by atoms with Crippen LogP contribution in [0.2, 0.25) is 0 Å². The second kappa shape index (κ2) is 6.21. The number of amides is 1. The second-order valence-electron chi connectivity index (χ2n) is 4.30. The molecule has 7 nitrogen and oxygen atoms in total. The molecule has 0 unspecified atom stereocenters. The van der Waals surface area contributed by atoms with E-state index < -0.39 is 5.97 Å². The van der Waals surface area contributed by atoms with Crippen LogP contribution < -0.4 is 5.73 Å². The zero-order chi connectivity index (χ0) is 14.6. The van der Waals surface area contributed by atoms with Gasteiger partial charge in [0, 0.05) is 27.1 Å². The monoisotopic (exact) mass is 268 g/mol. The van der Waals surface area contributed by atoms with E-state index in [0.717, 1.165) is 0 Å². The molecule has 0 bridgehead atoms. The van der Waals surface area contributed by atoms with E-state index in [2.05, 4.69) is 4.98 Å². The first-order valence-electron chi connectivity index (χ1n) is 6.08. The van der Waals surface area contributed by atoms with E-state index in [9.17, 15) is 9.59 Å². The van der Waals surface area contributed by atoms with E-state index in [0.29, 0.717) is 18.8 Å². The Morgan fingerprint density at radius 1 is 1.42 bits per heavy atom. The number of imidazole rings is 1. The minimum absolute atomic E-state index is 0.00909. The van der Waals surface area contributed by atoms with E-state index >= 15 is 0 Å². The molecule has 1 amide bonds. The summed E-state index contributed by atoms with van der Waals surface area (Å²) in [4.78, 5) is 28.8. The molecule has 0 spiro atoms. The average molecular weight is 268 g/mol. The lowest BCUT2D eigenvalue weighted by atomic mass is 10.3. The zero-order valence-electron chi connectivity index (χ0n) is 11.8. The first-order valence-corrected chi connectivity index (χ1v) is 6.08.